The van der Waals surface area contributed by atoms with Crippen molar-refractivity contribution in [2.45, 2.75) is 25.2 Å². The molecule has 0 spiro atoms. The van der Waals surface area contributed by atoms with Gasteiger partial charge in [0.25, 0.3) is 0 Å². The largest absolute Gasteiger partial charge is 0.260 e. The molecule has 1 aromatic heterocycles. The molecule has 0 N–H and O–H groups in total. The highest BCUT2D eigenvalue weighted by molar-refractivity contribution is 5.84. The molecule has 1 aromatic carbocycles. The number of allylic oxidation sites excluding steroid dienone is 4. The Kier molecular flexibility index (Phi) is 2.51. The number of benzene rings is 1. The maximum absolute atomic E-state index is 4.70. The Hall–Kier alpha value is -1.89. The zero-order valence-electron chi connectivity index (χ0n) is 10.9. The summed E-state index contributed by atoms with van der Waals surface area (Å²) in [6.45, 7) is 0. The fourth-order valence-corrected chi connectivity index (χ4v) is 3.59. The maximum Gasteiger partial charge on any atom is 0.0516 e. The Labute approximate surface area is 113 Å². The molecule has 0 bridgehead atoms. The van der Waals surface area contributed by atoms with Gasteiger partial charge in [0.05, 0.1) is 5.69 Å². The maximum atomic E-state index is 4.70. The van der Waals surface area contributed by atoms with Crippen LogP contribution in [0.4, 0.5) is 0 Å². The molecule has 1 nitrogen and oxygen atoms in total. The summed E-state index contributed by atoms with van der Waals surface area (Å²) in [5.41, 5.74) is 2.93. The number of hydrogen-bond acceptors (Lipinski definition) is 1. The minimum atomic E-state index is 0.599. The Bertz CT molecular complexity index is 676. The molecule has 0 radical (unpaired) electrons. The van der Waals surface area contributed by atoms with Gasteiger partial charge in [-0.2, -0.15) is 0 Å². The lowest BCUT2D eigenvalue weighted by molar-refractivity contribution is 0.588. The number of aromatic nitrogens is 1. The second-order valence-electron chi connectivity index (χ2n) is 5.66. The van der Waals surface area contributed by atoms with Crippen molar-refractivity contribution in [3.05, 3.63) is 66.0 Å². The van der Waals surface area contributed by atoms with Crippen LogP contribution in [0.1, 0.15) is 30.9 Å². The lowest BCUT2D eigenvalue weighted by Crippen LogP contribution is -1.99. The molecular weight excluding hydrogens is 230 g/mol. The van der Waals surface area contributed by atoms with Gasteiger partial charge in [-0.15, -0.1) is 0 Å². The third kappa shape index (κ3) is 1.81. The van der Waals surface area contributed by atoms with Crippen LogP contribution in [0.3, 0.4) is 0 Å². The fraction of sp³-hybridized carbons (Fsp3) is 0.278. The van der Waals surface area contributed by atoms with E-state index in [1.807, 2.05) is 6.20 Å². The van der Waals surface area contributed by atoms with Gasteiger partial charge in [0.1, 0.15) is 0 Å². The zero-order valence-corrected chi connectivity index (χ0v) is 10.9. The Morgan fingerprint density at radius 1 is 1.05 bits per heavy atom. The van der Waals surface area contributed by atoms with E-state index >= 15 is 0 Å². The molecule has 0 aliphatic heterocycles. The summed E-state index contributed by atoms with van der Waals surface area (Å²) in [7, 11) is 0. The summed E-state index contributed by atoms with van der Waals surface area (Å²) in [6.07, 6.45) is 12.5. The average molecular weight is 247 g/mol. The minimum Gasteiger partial charge on any atom is -0.260 e. The normalized spacial score (nSPS) is 25.4. The van der Waals surface area contributed by atoms with Gasteiger partial charge in [-0.1, -0.05) is 48.1 Å². The van der Waals surface area contributed by atoms with E-state index in [-0.39, 0.29) is 0 Å². The molecule has 2 aliphatic carbocycles. The van der Waals surface area contributed by atoms with Crippen molar-refractivity contribution in [1.29, 1.82) is 0 Å². The predicted octanol–water partition coefficient (Wildman–Crippen LogP) is 4.61. The number of fused-ring (bicyclic) bond motifs is 2. The molecule has 1 saturated carbocycles. The Morgan fingerprint density at radius 3 is 2.95 bits per heavy atom. The van der Waals surface area contributed by atoms with Gasteiger partial charge in [-0.25, -0.2) is 0 Å². The summed E-state index contributed by atoms with van der Waals surface area (Å²) >= 11 is 0. The molecule has 2 atom stereocenters. The van der Waals surface area contributed by atoms with Crippen LogP contribution in [-0.2, 0) is 0 Å². The number of nitrogens with zero attached hydrogens (tertiary/aromatic N) is 1. The molecule has 0 saturated heterocycles. The average Bonchev–Trinajstić information content (AvgIpc) is 2.90. The van der Waals surface area contributed by atoms with Crippen LogP contribution in [0, 0.1) is 5.92 Å². The molecule has 1 heteroatoms. The summed E-state index contributed by atoms with van der Waals surface area (Å²) in [6, 6.07) is 10.7. The second-order valence-corrected chi connectivity index (χ2v) is 5.66. The van der Waals surface area contributed by atoms with E-state index in [4.69, 9.17) is 4.98 Å². The number of hydrogen-bond donors (Lipinski definition) is 0. The number of rotatable bonds is 1. The van der Waals surface area contributed by atoms with Crippen molar-refractivity contribution < 1.29 is 0 Å². The van der Waals surface area contributed by atoms with E-state index in [0.717, 1.165) is 5.92 Å². The van der Waals surface area contributed by atoms with Gasteiger partial charge in [-0.3, -0.25) is 4.98 Å². The van der Waals surface area contributed by atoms with Crippen molar-refractivity contribution in [3.8, 4) is 0 Å². The van der Waals surface area contributed by atoms with Crippen LogP contribution in [0.2, 0.25) is 0 Å². The van der Waals surface area contributed by atoms with Crippen molar-refractivity contribution in [3.63, 3.8) is 0 Å². The molecule has 0 amide bonds. The standard InChI is InChI=1S/C18H17N/c1-2-7-15-12-16(11-14(15)6-1)18-17-8-4-3-5-13(17)9-10-19-18/h1-6,8-10,15-16H,7,11-12H2. The molecule has 1 fully saturated rings. The van der Waals surface area contributed by atoms with Gasteiger partial charge in [-0.05, 0) is 36.6 Å². The first kappa shape index (κ1) is 11.0. The Balaban J connectivity index is 1.76. The van der Waals surface area contributed by atoms with E-state index in [9.17, 15) is 0 Å². The summed E-state index contributed by atoms with van der Waals surface area (Å²) in [4.78, 5) is 4.70. The van der Waals surface area contributed by atoms with Crippen LogP contribution in [0.5, 0.6) is 0 Å². The van der Waals surface area contributed by atoms with Crippen molar-refractivity contribution in [2.75, 3.05) is 0 Å². The zero-order chi connectivity index (χ0) is 12.7. The van der Waals surface area contributed by atoms with E-state index in [1.165, 1.54) is 35.7 Å². The van der Waals surface area contributed by atoms with Crippen LogP contribution in [-0.4, -0.2) is 4.98 Å². The second kappa shape index (κ2) is 4.34. The lowest BCUT2D eigenvalue weighted by Gasteiger charge is -2.12. The van der Waals surface area contributed by atoms with E-state index < -0.39 is 0 Å². The highest BCUT2D eigenvalue weighted by Crippen LogP contribution is 2.45. The first-order chi connectivity index (χ1) is 9.42. The van der Waals surface area contributed by atoms with Crippen LogP contribution in [0.25, 0.3) is 10.8 Å². The highest BCUT2D eigenvalue weighted by Gasteiger charge is 2.31. The molecule has 2 aromatic rings. The first-order valence-corrected chi connectivity index (χ1v) is 7.11. The molecular formula is C18H17N. The monoisotopic (exact) mass is 247 g/mol. The molecule has 19 heavy (non-hydrogen) atoms. The SMILES string of the molecule is C1=CCC2CC(c3nccc4ccccc34)CC2=C1. The summed E-state index contributed by atoms with van der Waals surface area (Å²) in [5.74, 6) is 1.36. The van der Waals surface area contributed by atoms with Crippen molar-refractivity contribution in [1.82, 2.24) is 4.98 Å². The van der Waals surface area contributed by atoms with Gasteiger partial charge in [0.15, 0.2) is 0 Å². The van der Waals surface area contributed by atoms with E-state index in [1.54, 1.807) is 5.57 Å². The molecule has 2 aliphatic rings. The molecule has 1 heterocycles. The van der Waals surface area contributed by atoms with Gasteiger partial charge >= 0.3 is 0 Å². The minimum absolute atomic E-state index is 0.599. The number of pyridine rings is 1. The lowest BCUT2D eigenvalue weighted by atomic mass is 9.94. The first-order valence-electron chi connectivity index (χ1n) is 7.11. The smallest absolute Gasteiger partial charge is 0.0516 e. The topological polar surface area (TPSA) is 12.9 Å². The van der Waals surface area contributed by atoms with E-state index in [0.29, 0.717) is 5.92 Å². The van der Waals surface area contributed by atoms with Crippen molar-refractivity contribution in [2.24, 2.45) is 5.92 Å². The van der Waals surface area contributed by atoms with Gasteiger partial charge in [0.2, 0.25) is 0 Å². The summed E-state index contributed by atoms with van der Waals surface area (Å²) in [5, 5.41) is 2.65. The highest BCUT2D eigenvalue weighted by atomic mass is 14.7. The van der Waals surface area contributed by atoms with Gasteiger partial charge in [0, 0.05) is 17.5 Å². The fourth-order valence-electron chi connectivity index (χ4n) is 3.59. The van der Waals surface area contributed by atoms with Crippen LogP contribution >= 0.6 is 0 Å². The molecule has 4 rings (SSSR count). The van der Waals surface area contributed by atoms with Crippen molar-refractivity contribution >= 4 is 10.8 Å². The quantitative estimate of drug-likeness (QED) is 0.716. The summed E-state index contributed by atoms with van der Waals surface area (Å²) < 4.78 is 0. The van der Waals surface area contributed by atoms with Gasteiger partial charge < -0.3 is 0 Å². The van der Waals surface area contributed by atoms with E-state index in [2.05, 4.69) is 48.6 Å². The van der Waals surface area contributed by atoms with Crippen LogP contribution in [0.15, 0.2) is 60.3 Å². The molecule has 94 valence electrons. The van der Waals surface area contributed by atoms with Crippen LogP contribution < -0.4 is 0 Å². The third-order valence-corrected chi connectivity index (χ3v) is 4.53. The molecule has 2 unspecified atom stereocenters. The third-order valence-electron chi connectivity index (χ3n) is 4.53. The Morgan fingerprint density at radius 2 is 2.00 bits per heavy atom. The predicted molar refractivity (Wildman–Crippen MR) is 79.0 cm³/mol.